The van der Waals surface area contributed by atoms with Gasteiger partial charge in [0, 0.05) is 41.8 Å². The summed E-state index contributed by atoms with van der Waals surface area (Å²) in [5.74, 6) is 1.32. The monoisotopic (exact) mass is 417 g/mol. The zero-order valence-corrected chi connectivity index (χ0v) is 18.1. The van der Waals surface area contributed by atoms with Crippen molar-refractivity contribution in [3.8, 4) is 0 Å². The minimum Gasteiger partial charge on any atom is -0.372 e. The molecule has 0 radical (unpaired) electrons. The number of aryl methyl sites for hydroxylation is 1. The fourth-order valence-electron chi connectivity index (χ4n) is 3.60. The molecule has 0 bridgehead atoms. The molecule has 1 aromatic heterocycles. The molecule has 2 heterocycles. The fourth-order valence-corrected chi connectivity index (χ4v) is 3.60. The van der Waals surface area contributed by atoms with Crippen molar-refractivity contribution >= 4 is 29.0 Å². The van der Waals surface area contributed by atoms with Crippen LogP contribution in [0.1, 0.15) is 41.0 Å². The van der Waals surface area contributed by atoms with Crippen molar-refractivity contribution in [3.05, 3.63) is 70.9 Å². The molecule has 0 saturated carbocycles. The van der Waals surface area contributed by atoms with Crippen molar-refractivity contribution < 1.29 is 9.53 Å². The van der Waals surface area contributed by atoms with Crippen molar-refractivity contribution in [1.82, 2.24) is 9.97 Å². The summed E-state index contributed by atoms with van der Waals surface area (Å²) in [6.45, 7) is 9.13. The molecule has 0 unspecified atom stereocenters. The number of carbonyl (C=O) groups is 1. The lowest BCUT2D eigenvalue weighted by molar-refractivity contribution is 0.102. The van der Waals surface area contributed by atoms with Gasteiger partial charge in [0.1, 0.15) is 5.82 Å². The predicted molar refractivity (Wildman–Crippen MR) is 123 cm³/mol. The topological polar surface area (TPSA) is 79.4 Å². The minimum atomic E-state index is -0.138. The number of benzene rings is 2. The Morgan fingerprint density at radius 3 is 2.42 bits per heavy atom. The largest absolute Gasteiger partial charge is 0.372 e. The highest BCUT2D eigenvalue weighted by Crippen LogP contribution is 2.23. The number of hydrogen-bond donors (Lipinski definition) is 2. The van der Waals surface area contributed by atoms with Gasteiger partial charge in [-0.2, -0.15) is 4.98 Å². The van der Waals surface area contributed by atoms with Crippen LogP contribution in [0.3, 0.4) is 0 Å². The molecular weight excluding hydrogens is 390 g/mol. The summed E-state index contributed by atoms with van der Waals surface area (Å²) in [7, 11) is 0. The highest BCUT2D eigenvalue weighted by Gasteiger charge is 2.14. The summed E-state index contributed by atoms with van der Waals surface area (Å²) in [6.07, 6.45) is 0. The Labute approximate surface area is 182 Å². The Morgan fingerprint density at radius 1 is 0.968 bits per heavy atom. The zero-order valence-electron chi connectivity index (χ0n) is 18.1. The van der Waals surface area contributed by atoms with E-state index in [9.17, 15) is 4.79 Å². The lowest BCUT2D eigenvalue weighted by Crippen LogP contribution is -2.23. The van der Waals surface area contributed by atoms with Crippen LogP contribution in [0.25, 0.3) is 0 Å². The molecule has 4 rings (SSSR count). The number of hydrogen-bond acceptors (Lipinski definition) is 6. The Hall–Kier alpha value is -3.45. The molecule has 0 aliphatic carbocycles. The van der Waals surface area contributed by atoms with Crippen molar-refractivity contribution in [3.63, 3.8) is 0 Å². The lowest BCUT2D eigenvalue weighted by Gasteiger charge is -2.20. The SMILES string of the molecule is CCN(CC)c1cc(C)nc(Nc2ccc(NC(=O)c3ccc4c(c3)COC4)cc2)n1. The van der Waals surface area contributed by atoms with Gasteiger partial charge in [0.2, 0.25) is 5.95 Å². The van der Waals surface area contributed by atoms with E-state index in [4.69, 9.17) is 4.74 Å². The Bertz CT molecular complexity index is 1080. The van der Waals surface area contributed by atoms with Crippen LogP contribution in [-0.4, -0.2) is 29.0 Å². The molecule has 0 atom stereocenters. The Balaban J connectivity index is 1.43. The summed E-state index contributed by atoms with van der Waals surface area (Å²) in [6, 6.07) is 15.2. The van der Waals surface area contributed by atoms with Gasteiger partial charge in [-0.05, 0) is 68.3 Å². The smallest absolute Gasteiger partial charge is 0.255 e. The molecule has 0 spiro atoms. The van der Waals surface area contributed by atoms with Crippen molar-refractivity contribution in [2.24, 2.45) is 0 Å². The highest BCUT2D eigenvalue weighted by molar-refractivity contribution is 6.04. The van der Waals surface area contributed by atoms with Gasteiger partial charge >= 0.3 is 0 Å². The number of nitrogens with one attached hydrogen (secondary N) is 2. The predicted octanol–water partition coefficient (Wildman–Crippen LogP) is 4.66. The summed E-state index contributed by atoms with van der Waals surface area (Å²) in [5, 5.41) is 6.20. The number of carbonyl (C=O) groups excluding carboxylic acids is 1. The van der Waals surface area contributed by atoms with E-state index in [1.165, 1.54) is 0 Å². The van der Waals surface area contributed by atoms with Gasteiger partial charge in [0.15, 0.2) is 0 Å². The van der Waals surface area contributed by atoms with Crippen LogP contribution < -0.4 is 15.5 Å². The number of amides is 1. The fraction of sp³-hybridized carbons (Fsp3) is 0.292. The van der Waals surface area contributed by atoms with Gasteiger partial charge < -0.3 is 20.3 Å². The van der Waals surface area contributed by atoms with E-state index in [0.29, 0.717) is 24.7 Å². The normalized spacial score (nSPS) is 12.4. The maximum Gasteiger partial charge on any atom is 0.255 e. The third-order valence-electron chi connectivity index (χ3n) is 5.31. The molecule has 1 aliphatic rings. The Kier molecular flexibility index (Phi) is 6.13. The van der Waals surface area contributed by atoms with E-state index in [1.54, 1.807) is 0 Å². The van der Waals surface area contributed by atoms with E-state index >= 15 is 0 Å². The van der Waals surface area contributed by atoms with Gasteiger partial charge in [0.25, 0.3) is 5.91 Å². The van der Waals surface area contributed by atoms with Gasteiger partial charge in [0.05, 0.1) is 13.2 Å². The number of ether oxygens (including phenoxy) is 1. The number of anilines is 4. The molecule has 2 aromatic carbocycles. The molecular formula is C24H27N5O2. The maximum atomic E-state index is 12.6. The van der Waals surface area contributed by atoms with E-state index in [1.807, 2.05) is 55.5 Å². The van der Waals surface area contributed by atoms with Crippen LogP contribution in [0.4, 0.5) is 23.1 Å². The molecule has 3 aromatic rings. The first-order valence-corrected chi connectivity index (χ1v) is 10.5. The average Bonchev–Trinajstić information content (AvgIpc) is 3.23. The van der Waals surface area contributed by atoms with Crippen molar-refractivity contribution in [2.75, 3.05) is 28.6 Å². The third-order valence-corrected chi connectivity index (χ3v) is 5.31. The van der Waals surface area contributed by atoms with E-state index < -0.39 is 0 Å². The quantitative estimate of drug-likeness (QED) is 0.582. The van der Waals surface area contributed by atoms with Crippen LogP contribution in [0, 0.1) is 6.92 Å². The number of fused-ring (bicyclic) bond motifs is 1. The van der Waals surface area contributed by atoms with Crippen LogP contribution in [0.15, 0.2) is 48.5 Å². The first kappa shape index (κ1) is 20.8. The minimum absolute atomic E-state index is 0.138. The van der Waals surface area contributed by atoms with Crippen molar-refractivity contribution in [2.45, 2.75) is 34.0 Å². The first-order chi connectivity index (χ1) is 15.1. The second-order valence-corrected chi connectivity index (χ2v) is 7.50. The van der Waals surface area contributed by atoms with Crippen molar-refractivity contribution in [1.29, 1.82) is 0 Å². The van der Waals surface area contributed by atoms with Crippen LogP contribution in [0.2, 0.25) is 0 Å². The van der Waals surface area contributed by atoms with Crippen LogP contribution in [-0.2, 0) is 18.0 Å². The zero-order chi connectivity index (χ0) is 21.8. The Morgan fingerprint density at radius 2 is 1.68 bits per heavy atom. The van der Waals surface area contributed by atoms with E-state index in [0.717, 1.165) is 47.1 Å². The van der Waals surface area contributed by atoms with Gasteiger partial charge in [-0.15, -0.1) is 0 Å². The first-order valence-electron chi connectivity index (χ1n) is 10.5. The molecule has 0 saturated heterocycles. The molecule has 0 fully saturated rings. The van der Waals surface area contributed by atoms with Crippen LogP contribution >= 0.6 is 0 Å². The third kappa shape index (κ3) is 4.83. The van der Waals surface area contributed by atoms with E-state index in [2.05, 4.69) is 39.3 Å². The molecule has 31 heavy (non-hydrogen) atoms. The number of rotatable bonds is 7. The standard InChI is InChI=1S/C24H27N5O2/c1-4-29(5-2)22-12-16(3)25-24(28-22)27-21-10-8-20(9-11-21)26-23(30)17-6-7-18-14-31-15-19(18)13-17/h6-13H,4-5,14-15H2,1-3H3,(H,26,30)(H,25,27,28). The summed E-state index contributed by atoms with van der Waals surface area (Å²) >= 11 is 0. The maximum absolute atomic E-state index is 12.6. The average molecular weight is 418 g/mol. The molecule has 160 valence electrons. The van der Waals surface area contributed by atoms with Gasteiger partial charge in [-0.25, -0.2) is 4.98 Å². The molecule has 7 heteroatoms. The lowest BCUT2D eigenvalue weighted by atomic mass is 10.1. The van der Waals surface area contributed by atoms with Gasteiger partial charge in [-0.1, -0.05) is 6.07 Å². The molecule has 7 nitrogen and oxygen atoms in total. The summed E-state index contributed by atoms with van der Waals surface area (Å²) < 4.78 is 5.42. The highest BCUT2D eigenvalue weighted by atomic mass is 16.5. The molecule has 1 aliphatic heterocycles. The van der Waals surface area contributed by atoms with Gasteiger partial charge in [-0.3, -0.25) is 4.79 Å². The second-order valence-electron chi connectivity index (χ2n) is 7.50. The van der Waals surface area contributed by atoms with Crippen LogP contribution in [0.5, 0.6) is 0 Å². The summed E-state index contributed by atoms with van der Waals surface area (Å²) in [4.78, 5) is 23.9. The summed E-state index contributed by atoms with van der Waals surface area (Å²) in [5.41, 5.74) is 5.33. The van der Waals surface area contributed by atoms with E-state index in [-0.39, 0.29) is 5.91 Å². The molecule has 1 amide bonds. The number of aromatic nitrogens is 2. The second kappa shape index (κ2) is 9.14. The molecule has 2 N–H and O–H groups in total. The number of nitrogens with zero attached hydrogens (tertiary/aromatic N) is 3.